The molecule has 1 aromatic carbocycles. The number of anilines is 1. The molecule has 1 aliphatic heterocycles. The number of aromatic nitrogens is 3. The van der Waals surface area contributed by atoms with Crippen LogP contribution in [-0.4, -0.2) is 46.3 Å². The predicted molar refractivity (Wildman–Crippen MR) is 84.0 cm³/mol. The second kappa shape index (κ2) is 7.26. The van der Waals surface area contributed by atoms with Crippen LogP contribution in [0, 0.1) is 5.82 Å². The minimum absolute atomic E-state index is 0.259. The number of hydrogen-bond acceptors (Lipinski definition) is 5. The molecule has 1 aliphatic rings. The summed E-state index contributed by atoms with van der Waals surface area (Å²) in [5, 5.41) is 11.2. The molecule has 2 aromatic rings. The van der Waals surface area contributed by atoms with Gasteiger partial charge in [-0.1, -0.05) is 6.42 Å². The van der Waals surface area contributed by atoms with Crippen molar-refractivity contribution >= 4 is 5.95 Å². The molecule has 1 aromatic heterocycles. The van der Waals surface area contributed by atoms with Gasteiger partial charge in [0.2, 0.25) is 5.95 Å². The zero-order chi connectivity index (χ0) is 15.2. The quantitative estimate of drug-likeness (QED) is 0.920. The predicted octanol–water partition coefficient (Wildman–Crippen LogP) is 2.58. The molecule has 0 bridgehead atoms. The van der Waals surface area contributed by atoms with Crippen LogP contribution >= 0.6 is 0 Å². The lowest BCUT2D eigenvalue weighted by molar-refractivity contribution is 0.237. The molecule has 1 N–H and O–H groups in total. The summed E-state index contributed by atoms with van der Waals surface area (Å²) in [6, 6.07) is 6.22. The molecule has 0 aliphatic carbocycles. The number of piperidine rings is 1. The van der Waals surface area contributed by atoms with Crippen molar-refractivity contribution in [1.82, 2.24) is 20.1 Å². The van der Waals surface area contributed by atoms with Gasteiger partial charge in [0.25, 0.3) is 0 Å². The fraction of sp³-hybridized carbons (Fsp3) is 0.438. The van der Waals surface area contributed by atoms with E-state index in [1.807, 2.05) is 0 Å². The highest BCUT2D eigenvalue weighted by molar-refractivity contribution is 5.58. The van der Waals surface area contributed by atoms with E-state index in [1.54, 1.807) is 18.3 Å². The van der Waals surface area contributed by atoms with Crippen LogP contribution in [0.4, 0.5) is 10.3 Å². The molecule has 6 heteroatoms. The molecule has 0 spiro atoms. The van der Waals surface area contributed by atoms with Crippen molar-refractivity contribution in [3.63, 3.8) is 0 Å². The summed E-state index contributed by atoms with van der Waals surface area (Å²) >= 11 is 0. The van der Waals surface area contributed by atoms with Gasteiger partial charge in [0.15, 0.2) is 0 Å². The Morgan fingerprint density at radius 3 is 2.64 bits per heavy atom. The van der Waals surface area contributed by atoms with E-state index in [0.29, 0.717) is 11.6 Å². The van der Waals surface area contributed by atoms with Crippen LogP contribution in [-0.2, 0) is 0 Å². The Bertz CT molecular complexity index is 596. The normalized spacial score (nSPS) is 15.7. The van der Waals surface area contributed by atoms with E-state index in [-0.39, 0.29) is 5.82 Å². The Morgan fingerprint density at radius 2 is 1.86 bits per heavy atom. The van der Waals surface area contributed by atoms with Crippen LogP contribution in [0.15, 0.2) is 30.5 Å². The molecule has 0 atom stereocenters. The molecule has 2 heterocycles. The fourth-order valence-corrected chi connectivity index (χ4v) is 2.65. The first-order chi connectivity index (χ1) is 10.8. The van der Waals surface area contributed by atoms with Gasteiger partial charge >= 0.3 is 0 Å². The van der Waals surface area contributed by atoms with E-state index < -0.39 is 0 Å². The zero-order valence-corrected chi connectivity index (χ0v) is 12.5. The number of halogens is 1. The van der Waals surface area contributed by atoms with Crippen LogP contribution in [0.25, 0.3) is 11.3 Å². The molecule has 0 radical (unpaired) electrons. The number of nitrogens with zero attached hydrogens (tertiary/aromatic N) is 4. The minimum Gasteiger partial charge on any atom is -0.352 e. The Balaban J connectivity index is 1.57. The van der Waals surface area contributed by atoms with Crippen molar-refractivity contribution in [3.05, 3.63) is 36.3 Å². The van der Waals surface area contributed by atoms with E-state index in [0.717, 1.165) is 18.7 Å². The van der Waals surface area contributed by atoms with E-state index >= 15 is 0 Å². The van der Waals surface area contributed by atoms with E-state index in [9.17, 15) is 4.39 Å². The second-order valence-electron chi connectivity index (χ2n) is 5.50. The van der Waals surface area contributed by atoms with Crippen molar-refractivity contribution in [2.75, 3.05) is 31.5 Å². The lowest BCUT2D eigenvalue weighted by atomic mass is 10.1. The molecule has 1 fully saturated rings. The lowest BCUT2D eigenvalue weighted by Crippen LogP contribution is -2.33. The molecule has 0 amide bonds. The molecule has 1 saturated heterocycles. The smallest absolute Gasteiger partial charge is 0.243 e. The van der Waals surface area contributed by atoms with Gasteiger partial charge in [-0.3, -0.25) is 0 Å². The number of likely N-dealkylation sites (tertiary alicyclic amines) is 1. The third-order valence-corrected chi connectivity index (χ3v) is 3.86. The largest absolute Gasteiger partial charge is 0.352 e. The Morgan fingerprint density at radius 1 is 1.09 bits per heavy atom. The van der Waals surface area contributed by atoms with Crippen LogP contribution in [0.5, 0.6) is 0 Å². The minimum atomic E-state index is -0.259. The summed E-state index contributed by atoms with van der Waals surface area (Å²) in [6.45, 7) is 4.14. The standard InChI is InChI=1S/C16H20FN5/c17-14-6-4-13(5-7-14)15-12-19-21-16(20-15)18-8-11-22-9-2-1-3-10-22/h4-7,12H,1-3,8-11H2,(H,18,20,21). The first-order valence-corrected chi connectivity index (χ1v) is 7.73. The molecular weight excluding hydrogens is 281 g/mol. The van der Waals surface area contributed by atoms with Gasteiger partial charge in [0.1, 0.15) is 5.82 Å². The van der Waals surface area contributed by atoms with E-state index in [1.165, 1.54) is 44.5 Å². The molecule has 116 valence electrons. The van der Waals surface area contributed by atoms with Crippen LogP contribution < -0.4 is 5.32 Å². The summed E-state index contributed by atoms with van der Waals surface area (Å²) in [6.07, 6.45) is 5.51. The maximum atomic E-state index is 13.0. The molecule has 3 rings (SSSR count). The van der Waals surface area contributed by atoms with Gasteiger partial charge in [-0.15, -0.1) is 5.10 Å². The number of hydrogen-bond donors (Lipinski definition) is 1. The lowest BCUT2D eigenvalue weighted by Gasteiger charge is -2.26. The highest BCUT2D eigenvalue weighted by Crippen LogP contribution is 2.17. The number of nitrogens with one attached hydrogen (secondary N) is 1. The Kier molecular flexibility index (Phi) is 4.90. The summed E-state index contributed by atoms with van der Waals surface area (Å²) in [5.41, 5.74) is 1.52. The van der Waals surface area contributed by atoms with Crippen LogP contribution in [0.3, 0.4) is 0 Å². The maximum Gasteiger partial charge on any atom is 0.243 e. The van der Waals surface area contributed by atoms with Crippen molar-refractivity contribution in [1.29, 1.82) is 0 Å². The fourth-order valence-electron chi connectivity index (χ4n) is 2.65. The third kappa shape index (κ3) is 3.98. The summed E-state index contributed by atoms with van der Waals surface area (Å²) in [4.78, 5) is 6.88. The summed E-state index contributed by atoms with van der Waals surface area (Å²) < 4.78 is 13.0. The summed E-state index contributed by atoms with van der Waals surface area (Å²) in [7, 11) is 0. The van der Waals surface area contributed by atoms with Crippen LogP contribution in [0.2, 0.25) is 0 Å². The molecule has 0 saturated carbocycles. The maximum absolute atomic E-state index is 13.0. The Hall–Kier alpha value is -2.08. The van der Waals surface area contributed by atoms with E-state index in [2.05, 4.69) is 25.4 Å². The van der Waals surface area contributed by atoms with Gasteiger partial charge in [0.05, 0.1) is 11.9 Å². The SMILES string of the molecule is Fc1ccc(-c2cnnc(NCCN3CCCCC3)n2)cc1. The molecule has 22 heavy (non-hydrogen) atoms. The van der Waals surface area contributed by atoms with Crippen molar-refractivity contribution < 1.29 is 4.39 Å². The van der Waals surface area contributed by atoms with Gasteiger partial charge < -0.3 is 10.2 Å². The first-order valence-electron chi connectivity index (χ1n) is 7.73. The van der Waals surface area contributed by atoms with Gasteiger partial charge in [0, 0.05) is 18.7 Å². The highest BCUT2D eigenvalue weighted by Gasteiger charge is 2.09. The first kappa shape index (κ1) is 14.8. The molecule has 0 unspecified atom stereocenters. The van der Waals surface area contributed by atoms with Gasteiger partial charge in [-0.2, -0.15) is 5.10 Å². The zero-order valence-electron chi connectivity index (χ0n) is 12.5. The Labute approximate surface area is 129 Å². The number of benzene rings is 1. The number of rotatable bonds is 5. The average molecular weight is 301 g/mol. The third-order valence-electron chi connectivity index (χ3n) is 3.86. The highest BCUT2D eigenvalue weighted by atomic mass is 19.1. The molecular formula is C16H20FN5. The summed E-state index contributed by atoms with van der Waals surface area (Å²) in [5.74, 6) is 0.254. The van der Waals surface area contributed by atoms with Gasteiger partial charge in [-0.05, 0) is 50.2 Å². The van der Waals surface area contributed by atoms with Gasteiger partial charge in [-0.25, -0.2) is 9.37 Å². The topological polar surface area (TPSA) is 53.9 Å². The van der Waals surface area contributed by atoms with Crippen molar-refractivity contribution in [2.24, 2.45) is 0 Å². The second-order valence-corrected chi connectivity index (χ2v) is 5.50. The van der Waals surface area contributed by atoms with Crippen molar-refractivity contribution in [3.8, 4) is 11.3 Å². The monoisotopic (exact) mass is 301 g/mol. The average Bonchev–Trinajstić information content (AvgIpc) is 2.57. The van der Waals surface area contributed by atoms with Crippen molar-refractivity contribution in [2.45, 2.75) is 19.3 Å². The molecule has 5 nitrogen and oxygen atoms in total. The van der Waals surface area contributed by atoms with E-state index in [4.69, 9.17) is 0 Å². The van der Waals surface area contributed by atoms with Crippen LogP contribution in [0.1, 0.15) is 19.3 Å².